The molecule has 0 spiro atoms. The first-order valence-corrected chi connectivity index (χ1v) is 8.93. The second-order valence-corrected chi connectivity index (χ2v) is 6.72. The van der Waals surface area contributed by atoms with Gasteiger partial charge >= 0.3 is 6.36 Å². The average Bonchev–Trinajstić information content (AvgIpc) is 2.62. The van der Waals surface area contributed by atoms with Crippen molar-refractivity contribution in [2.45, 2.75) is 12.4 Å². The highest BCUT2D eigenvalue weighted by atomic mass is 32.1. The summed E-state index contributed by atoms with van der Waals surface area (Å²) < 4.78 is 45.7. The standard InChI is InChI=1S/C19H22F3N3O2S/c1-25(2)17(13-5-4-6-16(11-13)26-3)12-23-18(28)24-14-7-9-15(10-8-14)27-19(20,21)22/h4-11,17H,12H2,1-3H3,(H2,23,24,28)/p+1/t17-/m0/s1. The molecule has 0 aromatic heterocycles. The summed E-state index contributed by atoms with van der Waals surface area (Å²) in [7, 11) is 5.71. The Hall–Kier alpha value is -2.52. The van der Waals surface area contributed by atoms with Crippen molar-refractivity contribution < 1.29 is 27.5 Å². The number of hydrogen-bond acceptors (Lipinski definition) is 3. The molecular formula is C19H23F3N3O2S+. The van der Waals surface area contributed by atoms with E-state index in [0.29, 0.717) is 17.3 Å². The van der Waals surface area contributed by atoms with Gasteiger partial charge in [0.15, 0.2) is 5.11 Å². The normalized spacial score (nSPS) is 12.4. The summed E-state index contributed by atoms with van der Waals surface area (Å²) >= 11 is 5.29. The number of hydrogen-bond donors (Lipinski definition) is 3. The molecule has 2 aromatic carbocycles. The number of likely N-dealkylation sites (N-methyl/N-ethyl adjacent to an activating group) is 1. The van der Waals surface area contributed by atoms with Crippen LogP contribution >= 0.6 is 12.2 Å². The van der Waals surface area contributed by atoms with Gasteiger partial charge in [0.1, 0.15) is 17.5 Å². The molecule has 5 nitrogen and oxygen atoms in total. The Morgan fingerprint density at radius 3 is 2.36 bits per heavy atom. The summed E-state index contributed by atoms with van der Waals surface area (Å²) in [5, 5.41) is 6.47. The Bertz CT molecular complexity index is 783. The lowest BCUT2D eigenvalue weighted by Gasteiger charge is -2.23. The van der Waals surface area contributed by atoms with Gasteiger partial charge in [-0.1, -0.05) is 12.1 Å². The van der Waals surface area contributed by atoms with E-state index in [-0.39, 0.29) is 11.8 Å². The molecular weight excluding hydrogens is 391 g/mol. The van der Waals surface area contributed by atoms with Crippen LogP contribution < -0.4 is 25.0 Å². The highest BCUT2D eigenvalue weighted by molar-refractivity contribution is 7.80. The number of methoxy groups -OCH3 is 1. The predicted molar refractivity (Wildman–Crippen MR) is 106 cm³/mol. The van der Waals surface area contributed by atoms with Crippen molar-refractivity contribution in [2.75, 3.05) is 33.1 Å². The lowest BCUT2D eigenvalue weighted by atomic mass is 10.1. The molecule has 152 valence electrons. The van der Waals surface area contributed by atoms with Gasteiger partial charge in [-0.05, 0) is 48.6 Å². The molecule has 0 aliphatic rings. The Balaban J connectivity index is 1.94. The molecule has 0 aliphatic heterocycles. The van der Waals surface area contributed by atoms with Gasteiger partial charge in [0.25, 0.3) is 0 Å². The summed E-state index contributed by atoms with van der Waals surface area (Å²) in [6, 6.07) is 13.3. The lowest BCUT2D eigenvalue weighted by molar-refractivity contribution is -0.890. The summed E-state index contributed by atoms with van der Waals surface area (Å²) in [5.41, 5.74) is 1.66. The molecule has 0 radical (unpaired) electrons. The maximum Gasteiger partial charge on any atom is 0.573 e. The van der Waals surface area contributed by atoms with Crippen molar-refractivity contribution in [3.05, 3.63) is 54.1 Å². The van der Waals surface area contributed by atoms with Gasteiger partial charge in [-0.25, -0.2) is 0 Å². The molecule has 28 heavy (non-hydrogen) atoms. The number of halogens is 3. The molecule has 9 heteroatoms. The van der Waals surface area contributed by atoms with E-state index in [9.17, 15) is 13.2 Å². The summed E-state index contributed by atoms with van der Waals surface area (Å²) in [5.74, 6) is 0.497. The molecule has 3 N–H and O–H groups in total. The number of rotatable bonds is 7. The van der Waals surface area contributed by atoms with Crippen molar-refractivity contribution in [2.24, 2.45) is 0 Å². The summed E-state index contributed by atoms with van der Waals surface area (Å²) in [6.45, 7) is 0.566. The Kier molecular flexibility index (Phi) is 7.47. The van der Waals surface area contributed by atoms with Gasteiger partial charge in [-0.3, -0.25) is 0 Å². The minimum absolute atomic E-state index is 0.123. The van der Waals surface area contributed by atoms with Crippen LogP contribution in [0.4, 0.5) is 18.9 Å². The number of thiocarbonyl (C=S) groups is 1. The minimum atomic E-state index is -4.71. The maximum atomic E-state index is 12.2. The van der Waals surface area contributed by atoms with E-state index in [1.165, 1.54) is 29.2 Å². The molecule has 1 atom stereocenters. The van der Waals surface area contributed by atoms with Crippen LogP contribution in [-0.4, -0.2) is 39.2 Å². The van der Waals surface area contributed by atoms with Crippen LogP contribution in [0.5, 0.6) is 11.5 Å². The summed E-state index contributed by atoms with van der Waals surface area (Å²) in [4.78, 5) is 1.21. The number of quaternary nitrogens is 1. The van der Waals surface area contributed by atoms with Crippen molar-refractivity contribution in [1.82, 2.24) is 5.32 Å². The van der Waals surface area contributed by atoms with Crippen LogP contribution in [0.25, 0.3) is 0 Å². The van der Waals surface area contributed by atoms with Crippen LogP contribution in [0, 0.1) is 0 Å². The third-order valence-corrected chi connectivity index (χ3v) is 4.25. The Morgan fingerprint density at radius 1 is 1.11 bits per heavy atom. The van der Waals surface area contributed by atoms with Crippen LogP contribution in [0.3, 0.4) is 0 Å². The summed E-state index contributed by atoms with van der Waals surface area (Å²) in [6.07, 6.45) is -4.71. The van der Waals surface area contributed by atoms with Crippen LogP contribution in [0.1, 0.15) is 11.6 Å². The van der Waals surface area contributed by atoms with E-state index in [2.05, 4.69) is 15.4 Å². The molecule has 0 bridgehead atoms. The fourth-order valence-corrected chi connectivity index (χ4v) is 2.82. The third-order valence-electron chi connectivity index (χ3n) is 4.01. The average molecular weight is 414 g/mol. The smallest absolute Gasteiger partial charge is 0.497 e. The van der Waals surface area contributed by atoms with Gasteiger partial charge in [-0.2, -0.15) is 0 Å². The molecule has 0 aliphatic carbocycles. The molecule has 2 rings (SSSR count). The molecule has 0 saturated heterocycles. The fraction of sp³-hybridized carbons (Fsp3) is 0.316. The van der Waals surface area contributed by atoms with Crippen molar-refractivity contribution in [1.29, 1.82) is 0 Å². The number of benzene rings is 2. The second-order valence-electron chi connectivity index (χ2n) is 6.31. The van der Waals surface area contributed by atoms with Crippen LogP contribution in [0.15, 0.2) is 48.5 Å². The number of ether oxygens (including phenoxy) is 2. The highest BCUT2D eigenvalue weighted by Crippen LogP contribution is 2.24. The van der Waals surface area contributed by atoms with Gasteiger partial charge in [0.05, 0.1) is 27.7 Å². The largest absolute Gasteiger partial charge is 0.573 e. The predicted octanol–water partition coefficient (Wildman–Crippen LogP) is 2.77. The van der Waals surface area contributed by atoms with Gasteiger partial charge in [0.2, 0.25) is 0 Å². The molecule has 0 unspecified atom stereocenters. The Labute approximate surface area is 167 Å². The maximum absolute atomic E-state index is 12.2. The van der Waals surface area contributed by atoms with Crippen molar-refractivity contribution in [3.8, 4) is 11.5 Å². The second kappa shape index (κ2) is 9.61. The highest BCUT2D eigenvalue weighted by Gasteiger charge is 2.31. The lowest BCUT2D eigenvalue weighted by Crippen LogP contribution is -3.07. The first kappa shape index (κ1) is 21.8. The first-order valence-electron chi connectivity index (χ1n) is 8.52. The van der Waals surface area contributed by atoms with E-state index in [1.807, 2.05) is 38.4 Å². The van der Waals surface area contributed by atoms with Gasteiger partial charge in [-0.15, -0.1) is 13.2 Å². The molecule has 0 saturated carbocycles. The molecule has 2 aromatic rings. The van der Waals surface area contributed by atoms with Crippen LogP contribution in [0.2, 0.25) is 0 Å². The zero-order valence-electron chi connectivity index (χ0n) is 15.8. The van der Waals surface area contributed by atoms with E-state index >= 15 is 0 Å². The quantitative estimate of drug-likeness (QED) is 0.609. The first-order chi connectivity index (χ1) is 13.2. The van der Waals surface area contributed by atoms with Gasteiger partial charge in [0, 0.05) is 11.3 Å². The van der Waals surface area contributed by atoms with Crippen molar-refractivity contribution in [3.63, 3.8) is 0 Å². The zero-order valence-corrected chi connectivity index (χ0v) is 16.6. The van der Waals surface area contributed by atoms with Crippen molar-refractivity contribution >= 4 is 23.0 Å². The number of nitrogens with one attached hydrogen (secondary N) is 3. The third kappa shape index (κ3) is 6.90. The number of anilines is 1. The molecule has 0 amide bonds. The van der Waals surface area contributed by atoms with E-state index in [1.54, 1.807) is 7.11 Å². The molecule has 0 heterocycles. The Morgan fingerprint density at radius 2 is 1.79 bits per heavy atom. The van der Waals surface area contributed by atoms with Crippen LogP contribution in [-0.2, 0) is 0 Å². The minimum Gasteiger partial charge on any atom is -0.497 e. The van der Waals surface area contributed by atoms with E-state index < -0.39 is 6.36 Å². The van der Waals surface area contributed by atoms with E-state index in [4.69, 9.17) is 17.0 Å². The molecule has 0 fully saturated rings. The SMILES string of the molecule is COc1cccc([C@H](CNC(=S)Nc2ccc(OC(F)(F)F)cc2)[NH+](C)C)c1. The number of alkyl halides is 3. The zero-order chi connectivity index (χ0) is 20.7. The topological polar surface area (TPSA) is 47.0 Å². The monoisotopic (exact) mass is 414 g/mol. The fourth-order valence-electron chi connectivity index (χ4n) is 2.62. The van der Waals surface area contributed by atoms with Gasteiger partial charge < -0.3 is 25.0 Å². The van der Waals surface area contributed by atoms with E-state index in [0.717, 1.165) is 11.3 Å².